The molecule has 0 aromatic heterocycles. The van der Waals surface area contributed by atoms with Crippen molar-refractivity contribution in [3.63, 3.8) is 0 Å². The number of halogens is 1. The molecule has 0 N–H and O–H groups in total. The Kier molecular flexibility index (Phi) is 4.04. The fraction of sp³-hybridized carbons (Fsp3) is 0.286. The normalized spacial score (nSPS) is 17.9. The third-order valence-corrected chi connectivity index (χ3v) is 3.50. The molecule has 5 heteroatoms. The maximum atomic E-state index is 12.8. The molecule has 0 bridgehead atoms. The minimum absolute atomic E-state index is 0.235. The summed E-state index contributed by atoms with van der Waals surface area (Å²) in [7, 11) is 0. The summed E-state index contributed by atoms with van der Waals surface area (Å²) in [6, 6.07) is 5.80. The van der Waals surface area contributed by atoms with Gasteiger partial charge in [-0.05, 0) is 41.5 Å². The summed E-state index contributed by atoms with van der Waals surface area (Å²) < 4.78 is 12.8. The Balaban J connectivity index is 2.20. The highest BCUT2D eigenvalue weighted by atomic mass is 32.2. The molecule has 100 valence electrons. The topological polar surface area (TPSA) is 37.4 Å². The number of carbonyl (C=O) groups excluding carboxylic acids is 2. The van der Waals surface area contributed by atoms with Gasteiger partial charge in [0.2, 0.25) is 0 Å². The second-order valence-corrected chi connectivity index (χ2v) is 5.73. The van der Waals surface area contributed by atoms with Crippen LogP contribution in [0.1, 0.15) is 19.4 Å². The van der Waals surface area contributed by atoms with Crippen molar-refractivity contribution in [2.75, 3.05) is 6.54 Å². The molecular formula is C14H14FNO2S. The largest absolute Gasteiger partial charge is 0.293 e. The van der Waals surface area contributed by atoms with Crippen LogP contribution >= 0.6 is 11.8 Å². The molecule has 1 aliphatic heterocycles. The smallest absolute Gasteiger partial charge is 0.268 e. The fourth-order valence-electron chi connectivity index (χ4n) is 1.73. The maximum absolute atomic E-state index is 12.8. The van der Waals surface area contributed by atoms with Crippen LogP contribution in [0, 0.1) is 11.7 Å². The van der Waals surface area contributed by atoms with Crippen LogP contribution in [0.25, 0.3) is 6.08 Å². The molecule has 2 amide bonds. The molecule has 2 rings (SSSR count). The predicted octanol–water partition coefficient (Wildman–Crippen LogP) is 3.52. The summed E-state index contributed by atoms with van der Waals surface area (Å²) in [4.78, 5) is 25.4. The minimum atomic E-state index is -0.329. The van der Waals surface area contributed by atoms with Crippen molar-refractivity contribution in [1.29, 1.82) is 0 Å². The summed E-state index contributed by atoms with van der Waals surface area (Å²) in [5, 5.41) is -0.243. The van der Waals surface area contributed by atoms with E-state index in [1.54, 1.807) is 18.2 Å². The van der Waals surface area contributed by atoms with E-state index < -0.39 is 0 Å². The van der Waals surface area contributed by atoms with Gasteiger partial charge in [0.15, 0.2) is 0 Å². The molecule has 1 aromatic carbocycles. The highest BCUT2D eigenvalue weighted by molar-refractivity contribution is 8.18. The molecule has 19 heavy (non-hydrogen) atoms. The number of imide groups is 1. The second kappa shape index (κ2) is 5.57. The van der Waals surface area contributed by atoms with Crippen molar-refractivity contribution in [2.45, 2.75) is 13.8 Å². The lowest BCUT2D eigenvalue weighted by molar-refractivity contribution is -0.123. The fourth-order valence-corrected chi connectivity index (χ4v) is 2.58. The van der Waals surface area contributed by atoms with E-state index in [1.807, 2.05) is 13.8 Å². The molecule has 0 aliphatic carbocycles. The highest BCUT2D eigenvalue weighted by Gasteiger charge is 2.35. The minimum Gasteiger partial charge on any atom is -0.268 e. The molecule has 0 radical (unpaired) electrons. The van der Waals surface area contributed by atoms with E-state index in [2.05, 4.69) is 0 Å². The third kappa shape index (κ3) is 3.23. The van der Waals surface area contributed by atoms with Crippen molar-refractivity contribution in [3.8, 4) is 0 Å². The lowest BCUT2D eigenvalue weighted by Crippen LogP contribution is -2.31. The zero-order valence-corrected chi connectivity index (χ0v) is 11.5. The number of hydrogen-bond donors (Lipinski definition) is 0. The van der Waals surface area contributed by atoms with Gasteiger partial charge in [0.05, 0.1) is 4.91 Å². The first-order valence-electron chi connectivity index (χ1n) is 5.98. The molecule has 0 spiro atoms. The number of carbonyl (C=O) groups is 2. The Morgan fingerprint density at radius 3 is 2.47 bits per heavy atom. The van der Waals surface area contributed by atoms with Crippen LogP contribution in [0.15, 0.2) is 29.2 Å². The van der Waals surface area contributed by atoms with Crippen LogP contribution in [-0.2, 0) is 4.79 Å². The lowest BCUT2D eigenvalue weighted by Gasteiger charge is -2.14. The monoisotopic (exact) mass is 279 g/mol. The van der Waals surface area contributed by atoms with E-state index in [4.69, 9.17) is 0 Å². The van der Waals surface area contributed by atoms with Crippen LogP contribution < -0.4 is 0 Å². The van der Waals surface area contributed by atoms with Crippen LogP contribution in [0.3, 0.4) is 0 Å². The Labute approximate surface area is 115 Å². The number of benzene rings is 1. The number of thioether (sulfide) groups is 1. The summed E-state index contributed by atoms with van der Waals surface area (Å²) in [6.45, 7) is 4.32. The van der Waals surface area contributed by atoms with Crippen molar-refractivity contribution in [1.82, 2.24) is 4.90 Å². The van der Waals surface area contributed by atoms with Gasteiger partial charge in [-0.25, -0.2) is 4.39 Å². The molecule has 1 aromatic rings. The van der Waals surface area contributed by atoms with E-state index in [-0.39, 0.29) is 22.9 Å². The first-order chi connectivity index (χ1) is 8.97. The van der Waals surface area contributed by atoms with Crippen LogP contribution in [0.5, 0.6) is 0 Å². The van der Waals surface area contributed by atoms with Crippen molar-refractivity contribution < 1.29 is 14.0 Å². The highest BCUT2D eigenvalue weighted by Crippen LogP contribution is 2.32. The standard InChI is InChI=1S/C14H14FNO2S/c1-9(2)8-16-13(17)12(19-14(16)18)7-10-3-5-11(15)6-4-10/h3-7,9H,8H2,1-2H3. The summed E-state index contributed by atoms with van der Waals surface area (Å²) in [5.74, 6) is -0.364. The van der Waals surface area contributed by atoms with Gasteiger partial charge in [0.1, 0.15) is 5.82 Å². The number of rotatable bonds is 3. The quantitative estimate of drug-likeness (QED) is 0.794. The van der Waals surface area contributed by atoms with Gasteiger partial charge in [0, 0.05) is 6.54 Å². The van der Waals surface area contributed by atoms with Gasteiger partial charge in [-0.3, -0.25) is 14.5 Å². The first-order valence-corrected chi connectivity index (χ1v) is 6.80. The van der Waals surface area contributed by atoms with Crippen LogP contribution in [0.2, 0.25) is 0 Å². The van der Waals surface area contributed by atoms with E-state index in [0.717, 1.165) is 11.8 Å². The van der Waals surface area contributed by atoms with Gasteiger partial charge in [-0.15, -0.1) is 0 Å². The zero-order chi connectivity index (χ0) is 14.0. The van der Waals surface area contributed by atoms with E-state index in [9.17, 15) is 14.0 Å². The molecule has 1 saturated heterocycles. The summed E-state index contributed by atoms with van der Waals surface area (Å²) >= 11 is 0.928. The Bertz CT molecular complexity index is 537. The summed E-state index contributed by atoms with van der Waals surface area (Å²) in [6.07, 6.45) is 1.62. The molecule has 1 aliphatic rings. The zero-order valence-electron chi connectivity index (χ0n) is 10.7. The summed E-state index contributed by atoms with van der Waals surface area (Å²) in [5.41, 5.74) is 0.705. The molecule has 0 saturated carbocycles. The molecule has 0 unspecified atom stereocenters. The van der Waals surface area contributed by atoms with Gasteiger partial charge in [-0.2, -0.15) is 0 Å². The molecule has 3 nitrogen and oxygen atoms in total. The Morgan fingerprint density at radius 2 is 1.89 bits per heavy atom. The molecule has 1 heterocycles. The number of nitrogens with zero attached hydrogens (tertiary/aromatic N) is 1. The number of amides is 2. The number of hydrogen-bond acceptors (Lipinski definition) is 3. The second-order valence-electron chi connectivity index (χ2n) is 4.74. The van der Waals surface area contributed by atoms with Gasteiger partial charge < -0.3 is 0 Å². The molecule has 0 atom stereocenters. The SMILES string of the molecule is CC(C)CN1C(=O)SC(=Cc2ccc(F)cc2)C1=O. The van der Waals surface area contributed by atoms with E-state index in [0.29, 0.717) is 17.0 Å². The van der Waals surface area contributed by atoms with Gasteiger partial charge in [-0.1, -0.05) is 26.0 Å². The van der Waals surface area contributed by atoms with E-state index >= 15 is 0 Å². The Hall–Kier alpha value is -1.62. The lowest BCUT2D eigenvalue weighted by atomic mass is 10.2. The van der Waals surface area contributed by atoms with Crippen molar-refractivity contribution in [3.05, 3.63) is 40.6 Å². The Morgan fingerprint density at radius 1 is 1.26 bits per heavy atom. The van der Waals surface area contributed by atoms with Crippen molar-refractivity contribution >= 4 is 29.0 Å². The molecule has 1 fully saturated rings. The van der Waals surface area contributed by atoms with Crippen LogP contribution in [0.4, 0.5) is 9.18 Å². The van der Waals surface area contributed by atoms with Gasteiger partial charge in [0.25, 0.3) is 11.1 Å². The average Bonchev–Trinajstić information content (AvgIpc) is 2.60. The first kappa shape index (κ1) is 13.8. The predicted molar refractivity (Wildman–Crippen MR) is 73.9 cm³/mol. The van der Waals surface area contributed by atoms with Crippen molar-refractivity contribution in [2.24, 2.45) is 5.92 Å². The maximum Gasteiger partial charge on any atom is 0.293 e. The van der Waals surface area contributed by atoms with E-state index in [1.165, 1.54) is 17.0 Å². The molecular weight excluding hydrogens is 265 g/mol. The average molecular weight is 279 g/mol. The van der Waals surface area contributed by atoms with Gasteiger partial charge >= 0.3 is 0 Å². The van der Waals surface area contributed by atoms with Crippen LogP contribution in [-0.4, -0.2) is 22.6 Å². The third-order valence-electron chi connectivity index (χ3n) is 2.59.